The molecule has 0 aliphatic heterocycles. The molecule has 0 spiro atoms. The Morgan fingerprint density at radius 3 is 2.40 bits per heavy atom. The first-order chi connectivity index (χ1) is 9.54. The molecule has 0 aliphatic rings. The molecule has 1 aromatic rings. The molecule has 106 valence electrons. The highest BCUT2D eigenvalue weighted by Crippen LogP contribution is 2.49. The summed E-state index contributed by atoms with van der Waals surface area (Å²) in [6.07, 6.45) is 0.808. The first kappa shape index (κ1) is 15.9. The van der Waals surface area contributed by atoms with Gasteiger partial charge in [0.1, 0.15) is 0 Å². The number of hydrogen-bond acceptors (Lipinski definition) is 6. The lowest BCUT2D eigenvalue weighted by Gasteiger charge is -2.15. The number of nitrogens with zero attached hydrogens (tertiary/aromatic N) is 1. The van der Waals surface area contributed by atoms with E-state index in [1.807, 2.05) is 0 Å². The van der Waals surface area contributed by atoms with Crippen LogP contribution < -0.4 is 5.32 Å². The van der Waals surface area contributed by atoms with Gasteiger partial charge < -0.3 is 9.84 Å². The molecule has 0 aromatic heterocycles. The molecule has 0 heterocycles. The van der Waals surface area contributed by atoms with Crippen LogP contribution in [0.5, 0.6) is 0 Å². The number of carbonyl (C=O) groups is 1. The number of phosphoric acid groups is 1. The highest BCUT2D eigenvalue weighted by atomic mass is 31.2. The molecule has 0 unspecified atom stereocenters. The molecule has 1 N–H and O–H groups in total. The van der Waals surface area contributed by atoms with E-state index in [0.29, 0.717) is 5.69 Å². The van der Waals surface area contributed by atoms with Gasteiger partial charge in [-0.15, -0.1) is 0 Å². The van der Waals surface area contributed by atoms with Gasteiger partial charge in [0.25, 0.3) is 5.91 Å². The minimum atomic E-state index is -3.91. The summed E-state index contributed by atoms with van der Waals surface area (Å²) in [5.74, 6) is -1.21. The van der Waals surface area contributed by atoms with E-state index in [2.05, 4.69) is 14.4 Å². The fraction of sp³-hybridized carbons (Fsp3) is 0.167. The summed E-state index contributed by atoms with van der Waals surface area (Å²) in [7, 11) is -1.70. The van der Waals surface area contributed by atoms with Gasteiger partial charge in [-0.2, -0.15) is 5.26 Å². The molecule has 0 aliphatic carbocycles. The first-order valence-electron chi connectivity index (χ1n) is 5.42. The molecule has 20 heavy (non-hydrogen) atoms. The lowest BCUT2D eigenvalue weighted by atomic mass is 10.3. The van der Waals surface area contributed by atoms with E-state index in [1.54, 1.807) is 36.4 Å². The van der Waals surface area contributed by atoms with Gasteiger partial charge in [0.05, 0.1) is 12.1 Å². The van der Waals surface area contributed by atoms with Gasteiger partial charge in [-0.05, 0) is 12.1 Å². The number of carbonyl (C=O) groups excluding carboxylic acids is 1. The Bertz CT molecular complexity index is 571. The van der Waals surface area contributed by atoms with Crippen LogP contribution in [0.1, 0.15) is 0 Å². The van der Waals surface area contributed by atoms with Crippen LogP contribution in [0.4, 0.5) is 5.69 Å². The highest BCUT2D eigenvalue weighted by Gasteiger charge is 2.28. The Hall–Kier alpha value is -2.13. The van der Waals surface area contributed by atoms with Crippen LogP contribution in [0.3, 0.4) is 0 Å². The maximum atomic E-state index is 11.9. The van der Waals surface area contributed by atoms with E-state index >= 15 is 0 Å². The minimum Gasteiger partial charge on any atom is -0.397 e. The lowest BCUT2D eigenvalue weighted by molar-refractivity contribution is -0.115. The SMILES string of the molecule is COP(=O)(OC)O/C(=C/C#N)C(=O)Nc1ccccc1. The van der Waals surface area contributed by atoms with Crippen molar-refractivity contribution in [3.05, 3.63) is 42.2 Å². The number of allylic oxidation sites excluding steroid dienone is 1. The number of amides is 1. The average Bonchev–Trinajstić information content (AvgIpc) is 2.47. The average molecular weight is 296 g/mol. The summed E-state index contributed by atoms with van der Waals surface area (Å²) in [6.45, 7) is 0. The van der Waals surface area contributed by atoms with E-state index in [9.17, 15) is 9.36 Å². The summed E-state index contributed by atoms with van der Waals surface area (Å²) in [4.78, 5) is 11.9. The van der Waals surface area contributed by atoms with E-state index in [0.717, 1.165) is 20.3 Å². The van der Waals surface area contributed by atoms with Crippen molar-refractivity contribution in [3.8, 4) is 6.07 Å². The zero-order chi connectivity index (χ0) is 15.0. The second-order valence-corrected chi connectivity index (χ2v) is 5.17. The summed E-state index contributed by atoms with van der Waals surface area (Å²) in [5.41, 5.74) is 0.495. The summed E-state index contributed by atoms with van der Waals surface area (Å²) >= 11 is 0. The van der Waals surface area contributed by atoms with Crippen LogP contribution in [0.25, 0.3) is 0 Å². The van der Waals surface area contributed by atoms with Gasteiger partial charge in [0.2, 0.25) is 5.76 Å². The molecular formula is C12H13N2O5P. The molecule has 1 rings (SSSR count). The molecule has 1 amide bonds. The van der Waals surface area contributed by atoms with Gasteiger partial charge in [-0.3, -0.25) is 13.8 Å². The Morgan fingerprint density at radius 1 is 1.30 bits per heavy atom. The lowest BCUT2D eigenvalue weighted by Crippen LogP contribution is -2.16. The Balaban J connectivity index is 2.88. The largest absolute Gasteiger partial charge is 0.529 e. The predicted octanol–water partition coefficient (Wildman–Crippen LogP) is 2.45. The number of anilines is 1. The van der Waals surface area contributed by atoms with Crippen molar-refractivity contribution in [2.45, 2.75) is 0 Å². The monoisotopic (exact) mass is 296 g/mol. The number of hydrogen-bond donors (Lipinski definition) is 1. The van der Waals surface area contributed by atoms with E-state index in [4.69, 9.17) is 9.79 Å². The van der Waals surface area contributed by atoms with Gasteiger partial charge in [0, 0.05) is 19.9 Å². The summed E-state index contributed by atoms with van der Waals surface area (Å²) < 4.78 is 25.7. The normalized spacial score (nSPS) is 11.6. The van der Waals surface area contributed by atoms with Gasteiger partial charge in [-0.25, -0.2) is 4.57 Å². The number of phosphoric ester groups is 1. The summed E-state index contributed by atoms with van der Waals surface area (Å²) in [5, 5.41) is 11.1. The topological polar surface area (TPSA) is 97.7 Å². The number of nitrogens with one attached hydrogen (secondary N) is 1. The molecule has 0 radical (unpaired) electrons. The predicted molar refractivity (Wildman–Crippen MR) is 71.5 cm³/mol. The van der Waals surface area contributed by atoms with Crippen molar-refractivity contribution in [1.82, 2.24) is 0 Å². The van der Waals surface area contributed by atoms with Crippen LogP contribution in [0, 0.1) is 11.3 Å². The summed E-state index contributed by atoms with van der Waals surface area (Å²) in [6, 6.07) is 10.1. The van der Waals surface area contributed by atoms with E-state index in [-0.39, 0.29) is 0 Å². The number of para-hydroxylation sites is 1. The van der Waals surface area contributed by atoms with Crippen molar-refractivity contribution < 1.29 is 22.9 Å². The third-order valence-electron chi connectivity index (χ3n) is 2.11. The molecule has 8 heteroatoms. The molecule has 1 aromatic carbocycles. The fourth-order valence-corrected chi connectivity index (χ4v) is 1.85. The number of nitriles is 1. The minimum absolute atomic E-state index is 0.469. The second kappa shape index (κ2) is 7.46. The van der Waals surface area contributed by atoms with Crippen molar-refractivity contribution in [3.63, 3.8) is 0 Å². The molecule has 0 saturated heterocycles. The Kier molecular flexibility index (Phi) is 5.94. The van der Waals surface area contributed by atoms with E-state index in [1.165, 1.54) is 0 Å². The number of benzene rings is 1. The van der Waals surface area contributed by atoms with Crippen LogP contribution >= 0.6 is 7.82 Å². The first-order valence-corrected chi connectivity index (χ1v) is 6.88. The van der Waals surface area contributed by atoms with Crippen molar-refractivity contribution in [1.29, 1.82) is 5.26 Å². The number of rotatable bonds is 6. The van der Waals surface area contributed by atoms with E-state index < -0.39 is 19.5 Å². The van der Waals surface area contributed by atoms with Crippen LogP contribution in [0.15, 0.2) is 42.2 Å². The molecular weight excluding hydrogens is 283 g/mol. The van der Waals surface area contributed by atoms with Crippen LogP contribution in [-0.4, -0.2) is 20.1 Å². The molecule has 0 saturated carbocycles. The van der Waals surface area contributed by atoms with Crippen LogP contribution in [0.2, 0.25) is 0 Å². The maximum Gasteiger partial charge on any atom is 0.529 e. The smallest absolute Gasteiger partial charge is 0.397 e. The molecule has 0 atom stereocenters. The second-order valence-electron chi connectivity index (χ2n) is 3.36. The molecule has 0 fully saturated rings. The quantitative estimate of drug-likeness (QED) is 0.375. The van der Waals surface area contributed by atoms with Gasteiger partial charge in [0.15, 0.2) is 0 Å². The Labute approximate surface area is 116 Å². The van der Waals surface area contributed by atoms with Crippen LogP contribution in [-0.2, 0) is 22.9 Å². The fourth-order valence-electron chi connectivity index (χ4n) is 1.18. The van der Waals surface area contributed by atoms with Crippen molar-refractivity contribution >= 4 is 19.4 Å². The standard InChI is InChI=1S/C12H13N2O5P/c1-17-20(16,18-2)19-11(8-9-13)12(15)14-10-6-4-3-5-7-10/h3-8H,1-2H3,(H,14,15)/b11-8+. The highest BCUT2D eigenvalue weighted by molar-refractivity contribution is 7.48. The third-order valence-corrected chi connectivity index (χ3v) is 3.42. The third kappa shape index (κ3) is 4.52. The zero-order valence-electron chi connectivity index (χ0n) is 10.9. The van der Waals surface area contributed by atoms with Crippen molar-refractivity contribution in [2.24, 2.45) is 0 Å². The molecule has 0 bridgehead atoms. The maximum absolute atomic E-state index is 11.9. The Morgan fingerprint density at radius 2 is 1.90 bits per heavy atom. The van der Waals surface area contributed by atoms with Gasteiger partial charge >= 0.3 is 7.82 Å². The zero-order valence-corrected chi connectivity index (χ0v) is 11.8. The van der Waals surface area contributed by atoms with Gasteiger partial charge in [-0.1, -0.05) is 18.2 Å². The van der Waals surface area contributed by atoms with Crippen molar-refractivity contribution in [2.75, 3.05) is 19.5 Å². The molecule has 7 nitrogen and oxygen atoms in total.